The minimum Gasteiger partial charge on any atom is -0.494 e. The number of carbonyl (C=O) groups excluding carboxylic acids is 2. The summed E-state index contributed by atoms with van der Waals surface area (Å²) in [6, 6.07) is 6.59. The zero-order valence-electron chi connectivity index (χ0n) is 21.3. The number of nitrogens with one attached hydrogen (secondary N) is 1. The minimum absolute atomic E-state index is 0.196. The Morgan fingerprint density at radius 1 is 0.974 bits per heavy atom. The number of hydrogen-bond donors (Lipinski definition) is 1. The molecule has 2 fully saturated rings. The minimum atomic E-state index is -4.89. The van der Waals surface area contributed by atoms with Crippen molar-refractivity contribution in [1.82, 2.24) is 10.2 Å². The average Bonchev–Trinajstić information content (AvgIpc) is 3.73. The van der Waals surface area contributed by atoms with E-state index in [2.05, 4.69) is 5.32 Å². The fraction of sp³-hybridized carbons (Fsp3) is 0.481. The zero-order chi connectivity index (χ0) is 28.3. The maximum Gasteiger partial charge on any atom is 0.404 e. The first-order valence-corrected chi connectivity index (χ1v) is 12.8. The largest absolute Gasteiger partial charge is 0.494 e. The van der Waals surface area contributed by atoms with Crippen LogP contribution in [0.3, 0.4) is 0 Å². The van der Waals surface area contributed by atoms with Crippen LogP contribution in [0.5, 0.6) is 5.75 Å². The molecule has 1 saturated heterocycles. The van der Waals surface area contributed by atoms with E-state index in [9.17, 15) is 31.5 Å². The van der Waals surface area contributed by atoms with Gasteiger partial charge in [0.25, 0.3) is 5.91 Å². The van der Waals surface area contributed by atoms with E-state index in [-0.39, 0.29) is 19.0 Å². The summed E-state index contributed by atoms with van der Waals surface area (Å²) in [5.41, 5.74) is -0.242. The van der Waals surface area contributed by atoms with E-state index in [0.29, 0.717) is 54.0 Å². The molecule has 1 unspecified atom stereocenters. The number of amides is 2. The van der Waals surface area contributed by atoms with Crippen molar-refractivity contribution in [3.8, 4) is 5.75 Å². The Labute approximate surface area is 224 Å². The number of rotatable bonds is 5. The van der Waals surface area contributed by atoms with Crippen molar-refractivity contribution >= 4 is 23.4 Å². The van der Waals surface area contributed by atoms with E-state index in [4.69, 9.17) is 16.3 Å². The summed E-state index contributed by atoms with van der Waals surface area (Å²) in [5, 5.41) is 2.91. The summed E-state index contributed by atoms with van der Waals surface area (Å²) in [6.45, 7) is 2.95. The van der Waals surface area contributed by atoms with Gasteiger partial charge in [0.2, 0.25) is 5.91 Å². The number of alkyl halides is 3. The van der Waals surface area contributed by atoms with E-state index in [0.717, 1.165) is 11.3 Å². The van der Waals surface area contributed by atoms with Crippen LogP contribution in [0.25, 0.3) is 0 Å². The summed E-state index contributed by atoms with van der Waals surface area (Å²) in [5.74, 6) is -5.47. The molecule has 210 valence electrons. The second kappa shape index (κ2) is 14.9. The monoisotopic (exact) mass is 562 g/mol. The molecule has 1 heterocycles. The van der Waals surface area contributed by atoms with E-state index in [1.165, 1.54) is 19.3 Å². The van der Waals surface area contributed by atoms with Gasteiger partial charge in [-0.1, -0.05) is 30.9 Å². The standard InChI is InChI=1S/C14H14F5NO.C10H12ClNO2.C3H6/c15-10-6-9(7-11(16)8-10)12(14(17,18)19)13(21)20-4-2-1-3-5-20;1-3-14-7-4-5-8(9(11)6-7)10(13)12-2;1-2-3-1/h6-8,12H,1-5H2;4-6H,3H2,1-2H3,(H,12,13);1-3H2. The molecule has 1 N–H and O–H groups in total. The van der Waals surface area contributed by atoms with Gasteiger partial charge in [-0.15, -0.1) is 0 Å². The smallest absolute Gasteiger partial charge is 0.404 e. The van der Waals surface area contributed by atoms with Crippen LogP contribution in [0.15, 0.2) is 36.4 Å². The number of ether oxygens (including phenoxy) is 1. The molecule has 1 aliphatic heterocycles. The number of likely N-dealkylation sites (tertiary alicyclic amines) is 1. The molecule has 1 aliphatic carbocycles. The van der Waals surface area contributed by atoms with Crippen molar-refractivity contribution in [2.75, 3.05) is 26.7 Å². The molecule has 0 spiro atoms. The van der Waals surface area contributed by atoms with Crippen molar-refractivity contribution in [3.05, 3.63) is 64.2 Å². The quantitative estimate of drug-likeness (QED) is 0.404. The predicted octanol–water partition coefficient (Wildman–Crippen LogP) is 6.89. The topological polar surface area (TPSA) is 58.6 Å². The first-order valence-electron chi connectivity index (χ1n) is 12.4. The van der Waals surface area contributed by atoms with Gasteiger partial charge in [-0.2, -0.15) is 13.2 Å². The van der Waals surface area contributed by atoms with Crippen molar-refractivity contribution < 1.29 is 36.3 Å². The van der Waals surface area contributed by atoms with Crippen molar-refractivity contribution in [2.45, 2.75) is 57.5 Å². The first kappa shape index (κ1) is 31.3. The molecule has 2 aromatic carbocycles. The van der Waals surface area contributed by atoms with E-state index in [1.54, 1.807) is 25.2 Å². The molecule has 2 amide bonds. The zero-order valence-corrected chi connectivity index (χ0v) is 22.1. The molecule has 38 heavy (non-hydrogen) atoms. The van der Waals surface area contributed by atoms with Crippen LogP contribution in [0, 0.1) is 11.6 Å². The Morgan fingerprint density at radius 2 is 1.53 bits per heavy atom. The molecule has 1 atom stereocenters. The molecular formula is C27H32ClF5N2O3. The van der Waals surface area contributed by atoms with Crippen LogP contribution < -0.4 is 10.1 Å². The fourth-order valence-electron chi connectivity index (χ4n) is 3.58. The van der Waals surface area contributed by atoms with Gasteiger partial charge in [0.05, 0.1) is 17.2 Å². The number of benzene rings is 2. The summed E-state index contributed by atoms with van der Waals surface area (Å²) in [6.07, 6.45) is 1.73. The second-order valence-electron chi connectivity index (χ2n) is 8.78. The van der Waals surface area contributed by atoms with E-state index >= 15 is 0 Å². The van der Waals surface area contributed by atoms with Crippen molar-refractivity contribution in [1.29, 1.82) is 0 Å². The number of halogens is 6. The highest BCUT2D eigenvalue weighted by Crippen LogP contribution is 2.37. The molecular weight excluding hydrogens is 531 g/mol. The molecule has 0 radical (unpaired) electrons. The third-order valence-electron chi connectivity index (χ3n) is 5.54. The van der Waals surface area contributed by atoms with Crippen LogP contribution in [-0.4, -0.2) is 49.6 Å². The Bertz CT molecular complexity index is 1050. The van der Waals surface area contributed by atoms with Gasteiger partial charge in [-0.05, 0) is 62.1 Å². The third-order valence-corrected chi connectivity index (χ3v) is 5.85. The Hall–Kier alpha value is -2.88. The van der Waals surface area contributed by atoms with E-state index < -0.39 is 35.2 Å². The lowest BCUT2D eigenvalue weighted by molar-refractivity contribution is -0.172. The lowest BCUT2D eigenvalue weighted by Gasteiger charge is -2.31. The molecule has 5 nitrogen and oxygen atoms in total. The normalized spacial score (nSPS) is 15.2. The first-order chi connectivity index (χ1) is 18.0. The molecule has 1 saturated carbocycles. The Balaban J connectivity index is 0.000000255. The molecule has 2 aliphatic rings. The van der Waals surface area contributed by atoms with Crippen molar-refractivity contribution in [3.63, 3.8) is 0 Å². The molecule has 2 aromatic rings. The lowest BCUT2D eigenvalue weighted by Crippen LogP contribution is -2.43. The molecule has 0 aromatic heterocycles. The van der Waals surface area contributed by atoms with Gasteiger partial charge < -0.3 is 15.0 Å². The number of nitrogens with zero attached hydrogens (tertiary/aromatic N) is 1. The summed E-state index contributed by atoms with van der Waals surface area (Å²) >= 11 is 5.90. The Kier molecular flexibility index (Phi) is 12.3. The highest BCUT2D eigenvalue weighted by molar-refractivity contribution is 6.34. The van der Waals surface area contributed by atoms with Crippen molar-refractivity contribution in [2.24, 2.45) is 0 Å². The van der Waals surface area contributed by atoms with Gasteiger partial charge in [0, 0.05) is 26.2 Å². The third kappa shape index (κ3) is 10.1. The average molecular weight is 563 g/mol. The maximum atomic E-state index is 13.2. The number of hydrogen-bond acceptors (Lipinski definition) is 3. The highest BCUT2D eigenvalue weighted by atomic mass is 35.5. The summed E-state index contributed by atoms with van der Waals surface area (Å²) in [7, 11) is 1.56. The highest BCUT2D eigenvalue weighted by Gasteiger charge is 2.48. The number of carbonyl (C=O) groups is 2. The molecule has 0 bridgehead atoms. The maximum absolute atomic E-state index is 13.2. The summed E-state index contributed by atoms with van der Waals surface area (Å²) < 4.78 is 71.1. The Morgan fingerprint density at radius 3 is 1.97 bits per heavy atom. The van der Waals surface area contributed by atoms with Crippen LogP contribution in [0.4, 0.5) is 22.0 Å². The molecule has 11 heteroatoms. The van der Waals surface area contributed by atoms with Gasteiger partial charge in [-0.25, -0.2) is 8.78 Å². The molecule has 4 rings (SSSR count). The van der Waals surface area contributed by atoms with Crippen LogP contribution in [0.1, 0.15) is 67.3 Å². The predicted molar refractivity (Wildman–Crippen MR) is 135 cm³/mol. The lowest BCUT2D eigenvalue weighted by atomic mass is 9.95. The van der Waals surface area contributed by atoms with Gasteiger partial charge in [0.1, 0.15) is 17.4 Å². The van der Waals surface area contributed by atoms with Crippen LogP contribution in [0.2, 0.25) is 5.02 Å². The van der Waals surface area contributed by atoms with Gasteiger partial charge >= 0.3 is 6.18 Å². The number of piperidine rings is 1. The van der Waals surface area contributed by atoms with Crippen LogP contribution in [-0.2, 0) is 4.79 Å². The van der Waals surface area contributed by atoms with Crippen LogP contribution >= 0.6 is 11.6 Å². The SMILES string of the molecule is C1CC1.CCOc1ccc(C(=O)NC)c(Cl)c1.O=C(C(c1cc(F)cc(F)c1)C(F)(F)F)N1CCCCC1. The van der Waals surface area contributed by atoms with E-state index in [1.807, 2.05) is 6.92 Å². The second-order valence-corrected chi connectivity index (χ2v) is 9.19. The van der Waals surface area contributed by atoms with Gasteiger partial charge in [-0.3, -0.25) is 9.59 Å². The van der Waals surface area contributed by atoms with Gasteiger partial charge in [0.15, 0.2) is 5.92 Å². The summed E-state index contributed by atoms with van der Waals surface area (Å²) in [4.78, 5) is 24.5. The fourth-order valence-corrected chi connectivity index (χ4v) is 3.84.